The molecule has 1 aromatic carbocycles. The Bertz CT molecular complexity index is 319. The lowest BCUT2D eigenvalue weighted by molar-refractivity contribution is 0.149. The zero-order valence-corrected chi connectivity index (χ0v) is 8.55. The van der Waals surface area contributed by atoms with Crippen LogP contribution >= 0.6 is 0 Å². The van der Waals surface area contributed by atoms with Crippen molar-refractivity contribution in [2.24, 2.45) is 0 Å². The van der Waals surface area contributed by atoms with Gasteiger partial charge in [-0.3, -0.25) is 0 Å². The Morgan fingerprint density at radius 3 is 2.93 bits per heavy atom. The van der Waals surface area contributed by atoms with E-state index in [2.05, 4.69) is 5.32 Å². The Morgan fingerprint density at radius 2 is 2.27 bits per heavy atom. The SMILES string of the molecule is FC(F)Cc1cccc(C2CCNC2)c1. The van der Waals surface area contributed by atoms with Crippen molar-refractivity contribution >= 4 is 0 Å². The van der Waals surface area contributed by atoms with E-state index in [4.69, 9.17) is 0 Å². The number of nitrogens with one attached hydrogen (secondary N) is 1. The maximum absolute atomic E-state index is 12.2. The zero-order chi connectivity index (χ0) is 10.7. The number of benzene rings is 1. The molecule has 0 aliphatic carbocycles. The van der Waals surface area contributed by atoms with Crippen molar-refractivity contribution < 1.29 is 8.78 Å². The second kappa shape index (κ2) is 4.71. The van der Waals surface area contributed by atoms with Crippen molar-refractivity contribution in [2.75, 3.05) is 13.1 Å². The molecule has 82 valence electrons. The van der Waals surface area contributed by atoms with Crippen LogP contribution in [-0.4, -0.2) is 19.5 Å². The molecule has 1 saturated heterocycles. The molecule has 1 aliphatic rings. The molecule has 15 heavy (non-hydrogen) atoms. The highest BCUT2D eigenvalue weighted by Crippen LogP contribution is 2.23. The molecule has 1 aromatic rings. The summed E-state index contributed by atoms with van der Waals surface area (Å²) >= 11 is 0. The van der Waals surface area contributed by atoms with Crippen molar-refractivity contribution in [3.63, 3.8) is 0 Å². The highest BCUT2D eigenvalue weighted by molar-refractivity contribution is 5.27. The molecule has 0 saturated carbocycles. The summed E-state index contributed by atoms with van der Waals surface area (Å²) in [6.07, 6.45) is -1.27. The molecule has 1 unspecified atom stereocenters. The van der Waals surface area contributed by atoms with E-state index in [1.807, 2.05) is 18.2 Å². The molecule has 0 aromatic heterocycles. The Hall–Kier alpha value is -0.960. The highest BCUT2D eigenvalue weighted by Gasteiger charge is 2.16. The van der Waals surface area contributed by atoms with E-state index in [0.29, 0.717) is 5.92 Å². The summed E-state index contributed by atoms with van der Waals surface area (Å²) in [5.74, 6) is 0.502. The van der Waals surface area contributed by atoms with Crippen LogP contribution in [0.1, 0.15) is 23.5 Å². The number of halogens is 2. The fourth-order valence-electron chi connectivity index (χ4n) is 2.09. The van der Waals surface area contributed by atoms with Crippen LogP contribution in [0.25, 0.3) is 0 Å². The monoisotopic (exact) mass is 211 g/mol. The standard InChI is InChI=1S/C12H15F2N/c13-12(14)7-9-2-1-3-10(6-9)11-4-5-15-8-11/h1-3,6,11-12,15H,4-5,7-8H2. The fourth-order valence-corrected chi connectivity index (χ4v) is 2.09. The Morgan fingerprint density at radius 1 is 1.40 bits per heavy atom. The molecule has 1 aliphatic heterocycles. The summed E-state index contributed by atoms with van der Waals surface area (Å²) in [6.45, 7) is 2.00. The molecule has 1 N–H and O–H groups in total. The maximum atomic E-state index is 12.2. The van der Waals surface area contributed by atoms with Crippen molar-refractivity contribution in [2.45, 2.75) is 25.2 Å². The summed E-state index contributed by atoms with van der Waals surface area (Å²) < 4.78 is 24.4. The lowest BCUT2D eigenvalue weighted by atomic mass is 9.96. The van der Waals surface area contributed by atoms with Gasteiger partial charge in [0.15, 0.2) is 0 Å². The minimum atomic E-state index is -2.25. The number of hydrogen-bond acceptors (Lipinski definition) is 1. The Labute approximate surface area is 88.5 Å². The van der Waals surface area contributed by atoms with Gasteiger partial charge in [-0.1, -0.05) is 24.3 Å². The van der Waals surface area contributed by atoms with Crippen LogP contribution < -0.4 is 5.32 Å². The average molecular weight is 211 g/mol. The van der Waals surface area contributed by atoms with Crippen LogP contribution in [0.5, 0.6) is 0 Å². The quantitative estimate of drug-likeness (QED) is 0.810. The predicted octanol–water partition coefficient (Wildman–Crippen LogP) is 2.57. The van der Waals surface area contributed by atoms with Gasteiger partial charge in [0.1, 0.15) is 0 Å². The molecule has 0 radical (unpaired) electrons. The van der Waals surface area contributed by atoms with E-state index in [-0.39, 0.29) is 6.42 Å². The third-order valence-corrected chi connectivity index (χ3v) is 2.87. The predicted molar refractivity (Wildman–Crippen MR) is 56.4 cm³/mol. The molecule has 0 spiro atoms. The first-order valence-corrected chi connectivity index (χ1v) is 5.33. The smallest absolute Gasteiger partial charge is 0.242 e. The molecular weight excluding hydrogens is 196 g/mol. The second-order valence-corrected chi connectivity index (χ2v) is 4.03. The third kappa shape index (κ3) is 2.75. The van der Waals surface area contributed by atoms with Gasteiger partial charge < -0.3 is 5.32 Å². The summed E-state index contributed by atoms with van der Waals surface area (Å²) in [4.78, 5) is 0. The van der Waals surface area contributed by atoms with Gasteiger partial charge in [0.05, 0.1) is 0 Å². The molecule has 3 heteroatoms. The van der Waals surface area contributed by atoms with E-state index >= 15 is 0 Å². The molecule has 2 rings (SSSR count). The van der Waals surface area contributed by atoms with Crippen LogP contribution in [0, 0.1) is 0 Å². The highest BCUT2D eigenvalue weighted by atomic mass is 19.3. The summed E-state index contributed by atoms with van der Waals surface area (Å²) in [5.41, 5.74) is 1.94. The van der Waals surface area contributed by atoms with Gasteiger partial charge in [0.2, 0.25) is 6.43 Å². The van der Waals surface area contributed by atoms with E-state index in [9.17, 15) is 8.78 Å². The lowest BCUT2D eigenvalue weighted by Gasteiger charge is -2.10. The van der Waals surface area contributed by atoms with Crippen LogP contribution in [0.3, 0.4) is 0 Å². The molecular formula is C12H15F2N. The van der Waals surface area contributed by atoms with Gasteiger partial charge >= 0.3 is 0 Å². The van der Waals surface area contributed by atoms with E-state index in [0.717, 1.165) is 25.1 Å². The Kier molecular flexibility index (Phi) is 3.31. The lowest BCUT2D eigenvalue weighted by Crippen LogP contribution is -2.08. The average Bonchev–Trinajstić information content (AvgIpc) is 2.69. The number of rotatable bonds is 3. The number of hydrogen-bond donors (Lipinski definition) is 1. The third-order valence-electron chi connectivity index (χ3n) is 2.87. The van der Waals surface area contributed by atoms with Gasteiger partial charge in [-0.05, 0) is 30.0 Å². The van der Waals surface area contributed by atoms with Gasteiger partial charge in [-0.15, -0.1) is 0 Å². The van der Waals surface area contributed by atoms with Crippen LogP contribution in [-0.2, 0) is 6.42 Å². The summed E-state index contributed by atoms with van der Waals surface area (Å²) in [5, 5.41) is 3.28. The molecule has 0 bridgehead atoms. The van der Waals surface area contributed by atoms with Gasteiger partial charge in [0.25, 0.3) is 0 Å². The van der Waals surface area contributed by atoms with Crippen LogP contribution in [0.2, 0.25) is 0 Å². The molecule has 0 amide bonds. The second-order valence-electron chi connectivity index (χ2n) is 4.03. The van der Waals surface area contributed by atoms with E-state index in [1.165, 1.54) is 5.56 Å². The van der Waals surface area contributed by atoms with Crippen LogP contribution in [0.15, 0.2) is 24.3 Å². The minimum absolute atomic E-state index is 0.131. The largest absolute Gasteiger partial charge is 0.316 e. The Balaban J connectivity index is 2.11. The minimum Gasteiger partial charge on any atom is -0.316 e. The first-order valence-electron chi connectivity index (χ1n) is 5.33. The summed E-state index contributed by atoms with van der Waals surface area (Å²) in [6, 6.07) is 7.61. The first kappa shape index (κ1) is 10.6. The van der Waals surface area contributed by atoms with Crippen molar-refractivity contribution in [3.05, 3.63) is 35.4 Å². The molecule has 1 heterocycles. The maximum Gasteiger partial charge on any atom is 0.242 e. The topological polar surface area (TPSA) is 12.0 Å². The van der Waals surface area contributed by atoms with E-state index < -0.39 is 6.43 Å². The van der Waals surface area contributed by atoms with Crippen molar-refractivity contribution in [3.8, 4) is 0 Å². The van der Waals surface area contributed by atoms with Gasteiger partial charge in [0, 0.05) is 13.0 Å². The van der Waals surface area contributed by atoms with Gasteiger partial charge in [-0.2, -0.15) is 0 Å². The van der Waals surface area contributed by atoms with Crippen molar-refractivity contribution in [1.82, 2.24) is 5.32 Å². The fraction of sp³-hybridized carbons (Fsp3) is 0.500. The van der Waals surface area contributed by atoms with Gasteiger partial charge in [-0.25, -0.2) is 8.78 Å². The normalized spacial score (nSPS) is 21.1. The summed E-state index contributed by atoms with van der Waals surface area (Å²) in [7, 11) is 0. The molecule has 1 fully saturated rings. The van der Waals surface area contributed by atoms with E-state index in [1.54, 1.807) is 6.07 Å². The van der Waals surface area contributed by atoms with Crippen LogP contribution in [0.4, 0.5) is 8.78 Å². The molecule has 1 nitrogen and oxygen atoms in total. The number of alkyl halides is 2. The van der Waals surface area contributed by atoms with Crippen molar-refractivity contribution in [1.29, 1.82) is 0 Å². The molecule has 1 atom stereocenters. The zero-order valence-electron chi connectivity index (χ0n) is 8.55. The first-order chi connectivity index (χ1) is 7.25.